The molecule has 0 bridgehead atoms. The van der Waals surface area contributed by atoms with Gasteiger partial charge in [-0.2, -0.15) is 0 Å². The molecule has 0 radical (unpaired) electrons. The van der Waals surface area contributed by atoms with Gasteiger partial charge < -0.3 is 20.1 Å². The van der Waals surface area contributed by atoms with E-state index in [1.807, 2.05) is 12.2 Å². The predicted molar refractivity (Wildman–Crippen MR) is 192 cm³/mol. The molecule has 47 heavy (non-hydrogen) atoms. The van der Waals surface area contributed by atoms with Crippen LogP contribution in [0.2, 0.25) is 0 Å². The number of unbranched alkanes of at least 4 members (excludes halogenated alkanes) is 4. The fourth-order valence-electron chi connectivity index (χ4n) is 3.81. The topological polar surface area (TPSA) is 131 Å². The number of rotatable bonds is 30. The van der Waals surface area contributed by atoms with Gasteiger partial charge in [-0.1, -0.05) is 125 Å². The van der Waals surface area contributed by atoms with E-state index in [1.54, 1.807) is 6.08 Å². The highest BCUT2D eigenvalue weighted by molar-refractivity contribution is 7.47. The lowest BCUT2D eigenvalue weighted by molar-refractivity contribution is -0.147. The van der Waals surface area contributed by atoms with Crippen LogP contribution >= 0.6 is 7.82 Å². The maximum absolute atomic E-state index is 12.0. The third kappa shape index (κ3) is 34.3. The number of nitrogens with one attached hydrogen (secondary N) is 1. The van der Waals surface area contributed by atoms with Gasteiger partial charge >= 0.3 is 13.8 Å². The van der Waals surface area contributed by atoms with E-state index in [-0.39, 0.29) is 38.5 Å². The molecule has 0 aliphatic heterocycles. The van der Waals surface area contributed by atoms with Crippen molar-refractivity contribution in [2.75, 3.05) is 26.4 Å². The van der Waals surface area contributed by atoms with Gasteiger partial charge in [0.15, 0.2) is 0 Å². The molecule has 2 unspecified atom stereocenters. The van der Waals surface area contributed by atoms with Gasteiger partial charge in [0.2, 0.25) is 5.91 Å². The molecule has 0 saturated carbocycles. The SMILES string of the molecule is CC/C=C\C/C=C\C/C=C\C/C=C\C/C=C\C/C=C\C/C=C\CC(=O)NCCOP(=O)(O)OCC(O)COC(=O)CCCCCCC. The Hall–Kier alpha value is -2.81. The molecule has 10 heteroatoms. The van der Waals surface area contributed by atoms with E-state index >= 15 is 0 Å². The van der Waals surface area contributed by atoms with E-state index in [0.717, 1.165) is 77.0 Å². The van der Waals surface area contributed by atoms with Crippen molar-refractivity contribution in [1.29, 1.82) is 0 Å². The van der Waals surface area contributed by atoms with Crippen LogP contribution in [-0.4, -0.2) is 54.3 Å². The van der Waals surface area contributed by atoms with Crippen molar-refractivity contribution < 1.29 is 37.9 Å². The number of esters is 1. The number of allylic oxidation sites excluding steroid dienone is 13. The number of hydrogen-bond acceptors (Lipinski definition) is 7. The fourth-order valence-corrected chi connectivity index (χ4v) is 4.56. The molecule has 0 aromatic heterocycles. The van der Waals surface area contributed by atoms with Crippen molar-refractivity contribution in [2.24, 2.45) is 0 Å². The molecule has 266 valence electrons. The summed E-state index contributed by atoms with van der Waals surface area (Å²) in [5.74, 6) is -0.674. The van der Waals surface area contributed by atoms with E-state index < -0.39 is 26.5 Å². The van der Waals surface area contributed by atoms with Crippen LogP contribution < -0.4 is 5.32 Å². The van der Waals surface area contributed by atoms with Crippen LogP contribution in [0.4, 0.5) is 0 Å². The predicted octanol–water partition coefficient (Wildman–Crippen LogP) is 8.53. The number of aliphatic hydroxyl groups excluding tert-OH is 1. The van der Waals surface area contributed by atoms with Crippen LogP contribution in [0.5, 0.6) is 0 Å². The summed E-state index contributed by atoms with van der Waals surface area (Å²) in [4.78, 5) is 33.3. The third-order valence-electron chi connectivity index (χ3n) is 6.37. The molecule has 9 nitrogen and oxygen atoms in total. The van der Waals surface area contributed by atoms with Crippen LogP contribution in [0.25, 0.3) is 0 Å². The Labute approximate surface area is 283 Å². The maximum Gasteiger partial charge on any atom is 0.472 e. The second-order valence-corrected chi connectivity index (χ2v) is 12.2. The molecule has 3 N–H and O–H groups in total. The van der Waals surface area contributed by atoms with Gasteiger partial charge in [0.25, 0.3) is 0 Å². The van der Waals surface area contributed by atoms with Gasteiger partial charge in [-0.05, 0) is 51.4 Å². The van der Waals surface area contributed by atoms with Crippen LogP contribution in [-0.2, 0) is 27.9 Å². The number of hydrogen-bond donors (Lipinski definition) is 3. The van der Waals surface area contributed by atoms with E-state index in [4.69, 9.17) is 13.8 Å². The van der Waals surface area contributed by atoms with E-state index in [1.165, 1.54) is 0 Å². The Morgan fingerprint density at radius 3 is 1.68 bits per heavy atom. The number of aliphatic hydroxyl groups is 1. The molecule has 2 atom stereocenters. The molecule has 0 aliphatic carbocycles. The van der Waals surface area contributed by atoms with Crippen molar-refractivity contribution >= 4 is 19.7 Å². The molecule has 0 aromatic carbocycles. The zero-order valence-electron chi connectivity index (χ0n) is 28.7. The fraction of sp³-hybridized carbons (Fsp3) is 0.568. The summed E-state index contributed by atoms with van der Waals surface area (Å²) in [6.45, 7) is 3.16. The number of phosphoric ester groups is 1. The summed E-state index contributed by atoms with van der Waals surface area (Å²) in [5, 5.41) is 12.4. The van der Waals surface area contributed by atoms with Gasteiger partial charge in [0.1, 0.15) is 12.7 Å². The summed E-state index contributed by atoms with van der Waals surface area (Å²) in [7, 11) is -4.43. The second-order valence-electron chi connectivity index (χ2n) is 10.8. The summed E-state index contributed by atoms with van der Waals surface area (Å²) < 4.78 is 26.5. The molecular formula is C37H60NO8P. The average Bonchev–Trinajstić information content (AvgIpc) is 3.05. The number of amides is 1. The van der Waals surface area contributed by atoms with E-state index in [9.17, 15) is 24.2 Å². The average molecular weight is 678 g/mol. The molecule has 1 amide bonds. The molecular weight excluding hydrogens is 617 g/mol. The number of carbonyl (C=O) groups is 2. The third-order valence-corrected chi connectivity index (χ3v) is 7.35. The van der Waals surface area contributed by atoms with Crippen LogP contribution in [0.1, 0.15) is 104 Å². The highest BCUT2D eigenvalue weighted by Gasteiger charge is 2.23. The van der Waals surface area contributed by atoms with Crippen molar-refractivity contribution in [3.63, 3.8) is 0 Å². The Bertz CT molecular complexity index is 1040. The molecule has 0 saturated heterocycles. The summed E-state index contributed by atoms with van der Waals surface area (Å²) in [5.41, 5.74) is 0. The Kier molecular flexibility index (Phi) is 31.1. The minimum absolute atomic E-state index is 0.0200. The highest BCUT2D eigenvalue weighted by atomic mass is 31.2. The highest BCUT2D eigenvalue weighted by Crippen LogP contribution is 2.42. The lowest BCUT2D eigenvalue weighted by atomic mass is 10.1. The van der Waals surface area contributed by atoms with Gasteiger partial charge in [0, 0.05) is 19.4 Å². The summed E-state index contributed by atoms with van der Waals surface area (Å²) >= 11 is 0. The molecule has 0 aliphatic rings. The zero-order chi connectivity index (χ0) is 34.7. The standard InChI is InChI=1S/C37H60NO8P/c1-3-5-7-9-10-11-12-13-14-15-16-17-18-19-20-21-22-23-24-26-27-29-36(40)38-31-32-45-47(42,43)46-34-35(39)33-44-37(41)30-28-25-8-6-4-2/h5,7,10-11,13-14,16-17,19-20,22-23,26-27,35,39H,3-4,6,8-9,12,15,18,21,24-25,28-34H2,1-2H3,(H,38,40)(H,42,43)/b7-5-,11-10-,14-13-,17-16-,20-19-,23-22-,27-26-. The van der Waals surface area contributed by atoms with Crippen molar-refractivity contribution in [3.05, 3.63) is 85.1 Å². The van der Waals surface area contributed by atoms with Gasteiger partial charge in [0.05, 0.1) is 13.2 Å². The molecule has 0 fully saturated rings. The minimum Gasteiger partial charge on any atom is -0.463 e. The first-order chi connectivity index (χ1) is 22.8. The normalized spacial score (nSPS) is 14.6. The molecule has 0 heterocycles. The summed E-state index contributed by atoms with van der Waals surface area (Å²) in [6, 6.07) is 0. The number of carbonyl (C=O) groups excluding carboxylic acids is 2. The lowest BCUT2D eigenvalue weighted by Gasteiger charge is -2.15. The smallest absolute Gasteiger partial charge is 0.463 e. The number of phosphoric acid groups is 1. The van der Waals surface area contributed by atoms with Gasteiger partial charge in [-0.25, -0.2) is 4.57 Å². The van der Waals surface area contributed by atoms with E-state index in [0.29, 0.717) is 0 Å². The summed E-state index contributed by atoms with van der Waals surface area (Å²) in [6.07, 6.45) is 40.2. The second kappa shape index (κ2) is 33.1. The Morgan fingerprint density at radius 1 is 0.681 bits per heavy atom. The quantitative estimate of drug-likeness (QED) is 0.0298. The first kappa shape index (κ1) is 44.2. The molecule has 0 spiro atoms. The largest absolute Gasteiger partial charge is 0.472 e. The van der Waals surface area contributed by atoms with Crippen LogP contribution in [0, 0.1) is 0 Å². The van der Waals surface area contributed by atoms with Crippen LogP contribution in [0.15, 0.2) is 85.1 Å². The minimum atomic E-state index is -4.43. The van der Waals surface area contributed by atoms with Crippen molar-refractivity contribution in [2.45, 2.75) is 110 Å². The lowest BCUT2D eigenvalue weighted by Crippen LogP contribution is -2.26. The Morgan fingerprint density at radius 2 is 1.17 bits per heavy atom. The van der Waals surface area contributed by atoms with Gasteiger partial charge in [-0.3, -0.25) is 18.6 Å². The zero-order valence-corrected chi connectivity index (χ0v) is 29.6. The number of ether oxygens (including phenoxy) is 1. The Balaban J connectivity index is 3.81. The monoisotopic (exact) mass is 677 g/mol. The van der Waals surface area contributed by atoms with Crippen molar-refractivity contribution in [3.8, 4) is 0 Å². The maximum atomic E-state index is 12.0. The first-order valence-electron chi connectivity index (χ1n) is 17.1. The molecule has 0 aromatic rings. The first-order valence-corrected chi connectivity index (χ1v) is 18.6. The van der Waals surface area contributed by atoms with Crippen LogP contribution in [0.3, 0.4) is 0 Å². The molecule has 0 rings (SSSR count). The van der Waals surface area contributed by atoms with Gasteiger partial charge in [-0.15, -0.1) is 0 Å². The van der Waals surface area contributed by atoms with E-state index in [2.05, 4.69) is 86.0 Å². The van der Waals surface area contributed by atoms with Crippen molar-refractivity contribution in [1.82, 2.24) is 5.32 Å².